The van der Waals surface area contributed by atoms with Crippen molar-refractivity contribution in [2.45, 2.75) is 45.6 Å². The molecular formula is C16H21N3OS. The number of nitrogens with zero attached hydrogens (tertiary/aromatic N) is 1. The van der Waals surface area contributed by atoms with Gasteiger partial charge in [-0.05, 0) is 49.6 Å². The van der Waals surface area contributed by atoms with E-state index in [1.165, 1.54) is 10.4 Å². The minimum Gasteiger partial charge on any atom is -0.315 e. The second kappa shape index (κ2) is 5.78. The SMILES string of the molecule is CC1CCc2c(sc(NC(=O)C3NCCC3C)c2C#N)C1. The molecule has 1 fully saturated rings. The number of nitrogens with one attached hydrogen (secondary N) is 2. The normalized spacial score (nSPS) is 28.0. The van der Waals surface area contributed by atoms with Crippen molar-refractivity contribution < 1.29 is 4.79 Å². The van der Waals surface area contributed by atoms with Crippen LogP contribution in [0.25, 0.3) is 0 Å². The summed E-state index contributed by atoms with van der Waals surface area (Å²) < 4.78 is 0. The van der Waals surface area contributed by atoms with E-state index in [1.807, 2.05) is 0 Å². The standard InChI is InChI=1S/C16H21N3OS/c1-9-3-4-11-12(8-17)16(21-13(11)7-9)19-15(20)14-10(2)5-6-18-14/h9-10,14,18H,3-7H2,1-2H3,(H,19,20). The van der Waals surface area contributed by atoms with E-state index in [1.54, 1.807) is 11.3 Å². The highest BCUT2D eigenvalue weighted by atomic mass is 32.1. The van der Waals surface area contributed by atoms with Crippen LogP contribution in [0.15, 0.2) is 0 Å². The molecule has 3 rings (SSSR count). The van der Waals surface area contributed by atoms with Gasteiger partial charge in [0.15, 0.2) is 0 Å². The summed E-state index contributed by atoms with van der Waals surface area (Å²) in [6.07, 6.45) is 4.15. The molecule has 0 radical (unpaired) electrons. The first-order valence-electron chi connectivity index (χ1n) is 7.69. The summed E-state index contributed by atoms with van der Waals surface area (Å²) in [7, 11) is 0. The maximum atomic E-state index is 12.4. The highest BCUT2D eigenvalue weighted by molar-refractivity contribution is 7.16. The zero-order valence-electron chi connectivity index (χ0n) is 12.5. The Bertz CT molecular complexity index is 601. The predicted molar refractivity (Wildman–Crippen MR) is 84.4 cm³/mol. The molecule has 4 nitrogen and oxygen atoms in total. The number of rotatable bonds is 2. The van der Waals surface area contributed by atoms with E-state index in [0.717, 1.165) is 37.2 Å². The molecule has 1 amide bonds. The van der Waals surface area contributed by atoms with Crippen LogP contribution < -0.4 is 10.6 Å². The Morgan fingerprint density at radius 3 is 2.90 bits per heavy atom. The number of nitriles is 1. The van der Waals surface area contributed by atoms with Gasteiger partial charge in [-0.1, -0.05) is 13.8 Å². The Morgan fingerprint density at radius 2 is 2.24 bits per heavy atom. The average molecular weight is 303 g/mol. The Balaban J connectivity index is 1.83. The van der Waals surface area contributed by atoms with Crippen molar-refractivity contribution in [2.24, 2.45) is 11.8 Å². The van der Waals surface area contributed by atoms with Crippen molar-refractivity contribution in [1.29, 1.82) is 5.26 Å². The van der Waals surface area contributed by atoms with Crippen molar-refractivity contribution >= 4 is 22.2 Å². The topological polar surface area (TPSA) is 64.9 Å². The molecule has 2 heterocycles. The smallest absolute Gasteiger partial charge is 0.242 e. The molecule has 3 unspecified atom stereocenters. The van der Waals surface area contributed by atoms with Crippen LogP contribution in [0.1, 0.15) is 42.7 Å². The van der Waals surface area contributed by atoms with Gasteiger partial charge >= 0.3 is 0 Å². The third-order valence-electron chi connectivity index (χ3n) is 4.68. The van der Waals surface area contributed by atoms with Gasteiger partial charge in [0, 0.05) is 4.88 Å². The summed E-state index contributed by atoms with van der Waals surface area (Å²) in [5, 5.41) is 16.4. The molecule has 1 aliphatic carbocycles. The minimum absolute atomic E-state index is 0.00291. The first-order chi connectivity index (χ1) is 10.1. The van der Waals surface area contributed by atoms with Gasteiger partial charge in [-0.2, -0.15) is 5.26 Å². The molecule has 0 bridgehead atoms. The number of thiophene rings is 1. The number of carbonyl (C=O) groups is 1. The van der Waals surface area contributed by atoms with Crippen LogP contribution in [0, 0.1) is 23.2 Å². The van der Waals surface area contributed by atoms with E-state index in [9.17, 15) is 10.1 Å². The average Bonchev–Trinajstić information content (AvgIpc) is 3.01. The molecule has 0 saturated carbocycles. The summed E-state index contributed by atoms with van der Waals surface area (Å²) in [4.78, 5) is 13.7. The number of amides is 1. The lowest BCUT2D eigenvalue weighted by Gasteiger charge is -2.17. The fourth-order valence-corrected chi connectivity index (χ4v) is 4.70. The van der Waals surface area contributed by atoms with Gasteiger partial charge in [-0.15, -0.1) is 11.3 Å². The number of fused-ring (bicyclic) bond motifs is 1. The molecule has 2 aliphatic rings. The first-order valence-corrected chi connectivity index (χ1v) is 8.50. The van der Waals surface area contributed by atoms with Crippen LogP contribution in [-0.4, -0.2) is 18.5 Å². The van der Waals surface area contributed by atoms with Crippen LogP contribution in [0.5, 0.6) is 0 Å². The monoisotopic (exact) mass is 303 g/mol. The Kier molecular flexibility index (Phi) is 4.01. The van der Waals surface area contributed by atoms with Crippen LogP contribution in [0.3, 0.4) is 0 Å². The van der Waals surface area contributed by atoms with Crippen LogP contribution in [0.2, 0.25) is 0 Å². The molecule has 1 aromatic rings. The van der Waals surface area contributed by atoms with E-state index >= 15 is 0 Å². The summed E-state index contributed by atoms with van der Waals surface area (Å²) in [6, 6.07) is 2.17. The van der Waals surface area contributed by atoms with Crippen molar-refractivity contribution in [3.8, 4) is 6.07 Å². The second-order valence-corrected chi connectivity index (χ2v) is 7.46. The van der Waals surface area contributed by atoms with E-state index in [-0.39, 0.29) is 11.9 Å². The lowest BCUT2D eigenvalue weighted by Crippen LogP contribution is -2.39. The van der Waals surface area contributed by atoms with Gasteiger partial charge in [-0.3, -0.25) is 4.79 Å². The van der Waals surface area contributed by atoms with E-state index in [4.69, 9.17) is 0 Å². The molecule has 0 aromatic carbocycles. The summed E-state index contributed by atoms with van der Waals surface area (Å²) in [5.74, 6) is 1.02. The van der Waals surface area contributed by atoms with Gasteiger partial charge in [0.25, 0.3) is 0 Å². The molecule has 0 spiro atoms. The van der Waals surface area contributed by atoms with Gasteiger partial charge in [0.05, 0.1) is 11.6 Å². The number of carbonyl (C=O) groups excluding carboxylic acids is 1. The lowest BCUT2D eigenvalue weighted by molar-refractivity contribution is -0.118. The molecular weight excluding hydrogens is 282 g/mol. The summed E-state index contributed by atoms with van der Waals surface area (Å²) in [5.41, 5.74) is 1.87. The highest BCUT2D eigenvalue weighted by Gasteiger charge is 2.31. The quantitative estimate of drug-likeness (QED) is 0.883. The van der Waals surface area contributed by atoms with Crippen LogP contribution >= 0.6 is 11.3 Å². The van der Waals surface area contributed by atoms with Crippen molar-refractivity contribution in [2.75, 3.05) is 11.9 Å². The van der Waals surface area contributed by atoms with Crippen LogP contribution in [-0.2, 0) is 17.6 Å². The van der Waals surface area contributed by atoms with Crippen molar-refractivity contribution in [3.05, 3.63) is 16.0 Å². The Labute approximate surface area is 129 Å². The predicted octanol–water partition coefficient (Wildman–Crippen LogP) is 2.68. The molecule has 1 aliphatic heterocycles. The Morgan fingerprint density at radius 1 is 1.43 bits per heavy atom. The van der Waals surface area contributed by atoms with Crippen LogP contribution in [0.4, 0.5) is 5.00 Å². The van der Waals surface area contributed by atoms with Gasteiger partial charge < -0.3 is 10.6 Å². The van der Waals surface area contributed by atoms with E-state index in [0.29, 0.717) is 17.4 Å². The zero-order valence-corrected chi connectivity index (χ0v) is 13.3. The van der Waals surface area contributed by atoms with Gasteiger partial charge in [-0.25, -0.2) is 0 Å². The minimum atomic E-state index is -0.130. The van der Waals surface area contributed by atoms with Crippen molar-refractivity contribution in [3.63, 3.8) is 0 Å². The molecule has 21 heavy (non-hydrogen) atoms. The lowest BCUT2D eigenvalue weighted by atomic mass is 9.88. The molecule has 112 valence electrons. The third-order valence-corrected chi connectivity index (χ3v) is 5.85. The second-order valence-electron chi connectivity index (χ2n) is 6.35. The maximum absolute atomic E-state index is 12.4. The largest absolute Gasteiger partial charge is 0.315 e. The first kappa shape index (κ1) is 14.6. The summed E-state index contributed by atoms with van der Waals surface area (Å²) >= 11 is 1.60. The fraction of sp³-hybridized carbons (Fsp3) is 0.625. The van der Waals surface area contributed by atoms with E-state index < -0.39 is 0 Å². The number of hydrogen-bond donors (Lipinski definition) is 2. The molecule has 1 aromatic heterocycles. The summed E-state index contributed by atoms with van der Waals surface area (Å²) in [6.45, 7) is 5.23. The third kappa shape index (κ3) is 2.70. The fourth-order valence-electron chi connectivity index (χ4n) is 3.33. The molecule has 3 atom stereocenters. The zero-order chi connectivity index (χ0) is 15.0. The van der Waals surface area contributed by atoms with Crippen molar-refractivity contribution in [1.82, 2.24) is 5.32 Å². The van der Waals surface area contributed by atoms with Gasteiger partial charge in [0.2, 0.25) is 5.91 Å². The Hall–Kier alpha value is -1.38. The van der Waals surface area contributed by atoms with E-state index in [2.05, 4.69) is 30.6 Å². The highest BCUT2D eigenvalue weighted by Crippen LogP contribution is 2.39. The number of hydrogen-bond acceptors (Lipinski definition) is 4. The number of anilines is 1. The van der Waals surface area contributed by atoms with Gasteiger partial charge in [0.1, 0.15) is 11.1 Å². The maximum Gasteiger partial charge on any atom is 0.242 e. The molecule has 2 N–H and O–H groups in total. The molecule has 5 heteroatoms. The molecule has 1 saturated heterocycles.